The van der Waals surface area contributed by atoms with Crippen LogP contribution in [0.4, 0.5) is 22.7 Å². The van der Waals surface area contributed by atoms with Gasteiger partial charge < -0.3 is 9.80 Å². The van der Waals surface area contributed by atoms with Gasteiger partial charge in [0.1, 0.15) is 0 Å². The molecule has 8 aromatic rings. The summed E-state index contributed by atoms with van der Waals surface area (Å²) in [6.45, 7) is 11.1. The molecule has 1 unspecified atom stereocenters. The van der Waals surface area contributed by atoms with Gasteiger partial charge in [0.05, 0.1) is 10.8 Å². The Balaban J connectivity index is 0.836. The fraction of sp³-hybridized carbons (Fsp3) is 0.147. The van der Waals surface area contributed by atoms with Gasteiger partial charge >= 0.3 is 0 Å². The average Bonchev–Trinajstić information content (AvgIpc) is 3.87. The molecule has 0 fully saturated rings. The molecule has 0 saturated heterocycles. The standard InChI is InChI=1S/C75H62N2/c1-6-8-21-50(4)76(57-41-43-59-51(5)66(20-7-2)74(72(59)47-57)67-28-16-12-24-60(67)61-25-13-17-29-68(61)74)55-37-33-52(34-38-55)53-35-39-56(40-36-53)77(54-22-10-9-11-23-54)58-42-44-64-65-46-49(3)32-45-71(65)75(73(64)48-58)69-30-18-14-26-62(69)63-27-15-19-31-70(63)75/h6-10,12-22,24-45,47-49H,11,23,46H2,1-5H3/b8-6-,20-7-,50-21+. The number of rotatable bonds is 9. The summed E-state index contributed by atoms with van der Waals surface area (Å²) in [5, 5.41) is 0. The smallest absolute Gasteiger partial charge is 0.0722 e. The highest BCUT2D eigenvalue weighted by molar-refractivity contribution is 5.98. The lowest BCUT2D eigenvalue weighted by Gasteiger charge is -2.34. The Bertz CT molecular complexity index is 3920. The minimum absolute atomic E-state index is 0.368. The number of anilines is 4. The predicted molar refractivity (Wildman–Crippen MR) is 325 cm³/mol. The fourth-order valence-corrected chi connectivity index (χ4v) is 14.5. The van der Waals surface area contributed by atoms with E-state index in [-0.39, 0.29) is 5.41 Å². The first-order chi connectivity index (χ1) is 37.9. The lowest BCUT2D eigenvalue weighted by atomic mass is 9.68. The van der Waals surface area contributed by atoms with Gasteiger partial charge in [0.2, 0.25) is 0 Å². The van der Waals surface area contributed by atoms with Crippen LogP contribution in [0.5, 0.6) is 0 Å². The quantitative estimate of drug-likeness (QED) is 0.133. The van der Waals surface area contributed by atoms with Gasteiger partial charge in [0.25, 0.3) is 0 Å². The minimum Gasteiger partial charge on any atom is -0.315 e. The molecule has 8 aromatic carbocycles. The molecule has 372 valence electrons. The third-order valence-electron chi connectivity index (χ3n) is 17.7. The molecule has 0 heterocycles. The van der Waals surface area contributed by atoms with Crippen molar-refractivity contribution in [2.24, 2.45) is 5.92 Å². The van der Waals surface area contributed by atoms with E-state index in [1.54, 1.807) is 0 Å². The van der Waals surface area contributed by atoms with Gasteiger partial charge in [-0.2, -0.15) is 0 Å². The molecule has 14 rings (SSSR count). The second-order valence-electron chi connectivity index (χ2n) is 21.8. The SMILES string of the molecule is C/C=C\C=C(/C)N(c1ccc(-c2ccc(N(C3=CC=CCC3)c3ccc4c(c3)C3(C5=C4CC(C)C=C5)c4ccccc4-c4ccccc43)cc2)cc1)c1ccc2c(c1)C1(C(/C=C\C)=C2C)c2ccccc2-c2ccccc21. The molecule has 0 bridgehead atoms. The molecule has 2 nitrogen and oxygen atoms in total. The van der Waals surface area contributed by atoms with E-state index in [4.69, 9.17) is 0 Å². The monoisotopic (exact) mass is 990 g/mol. The molecule has 0 aliphatic heterocycles. The zero-order valence-corrected chi connectivity index (χ0v) is 44.7. The first-order valence-electron chi connectivity index (χ1n) is 27.8. The number of nitrogens with zero attached hydrogens (tertiary/aromatic N) is 2. The normalized spacial score (nSPS) is 17.7. The summed E-state index contributed by atoms with van der Waals surface area (Å²) >= 11 is 0. The maximum absolute atomic E-state index is 2.54. The molecule has 2 spiro atoms. The topological polar surface area (TPSA) is 6.48 Å². The van der Waals surface area contributed by atoms with E-state index in [1.807, 2.05) is 0 Å². The highest BCUT2D eigenvalue weighted by Gasteiger charge is 2.54. The van der Waals surface area contributed by atoms with Gasteiger partial charge in [-0.1, -0.05) is 189 Å². The van der Waals surface area contributed by atoms with Crippen LogP contribution in [0.25, 0.3) is 44.5 Å². The number of allylic oxidation sites excluding steroid dienone is 16. The van der Waals surface area contributed by atoms with Crippen LogP contribution in [-0.2, 0) is 10.8 Å². The molecule has 0 radical (unpaired) electrons. The van der Waals surface area contributed by atoms with Gasteiger partial charge in [-0.3, -0.25) is 0 Å². The van der Waals surface area contributed by atoms with E-state index in [2.05, 4.69) is 287 Å². The number of hydrogen-bond acceptors (Lipinski definition) is 2. The van der Waals surface area contributed by atoms with Crippen molar-refractivity contribution in [1.82, 2.24) is 0 Å². The second-order valence-corrected chi connectivity index (χ2v) is 21.8. The Morgan fingerprint density at radius 2 is 1.08 bits per heavy atom. The van der Waals surface area contributed by atoms with Crippen LogP contribution in [0.1, 0.15) is 98.4 Å². The van der Waals surface area contributed by atoms with Crippen LogP contribution in [-0.4, -0.2) is 0 Å². The fourth-order valence-electron chi connectivity index (χ4n) is 14.5. The van der Waals surface area contributed by atoms with Crippen molar-refractivity contribution >= 4 is 33.9 Å². The summed E-state index contributed by atoms with van der Waals surface area (Å²) in [4.78, 5) is 4.94. The Morgan fingerprint density at radius 1 is 0.545 bits per heavy atom. The lowest BCUT2D eigenvalue weighted by molar-refractivity contribution is 0.725. The Labute approximate surface area is 455 Å². The molecule has 77 heavy (non-hydrogen) atoms. The van der Waals surface area contributed by atoms with Crippen LogP contribution in [0.2, 0.25) is 0 Å². The van der Waals surface area contributed by atoms with Gasteiger partial charge in [-0.05, 0) is 214 Å². The van der Waals surface area contributed by atoms with Crippen molar-refractivity contribution in [3.63, 3.8) is 0 Å². The van der Waals surface area contributed by atoms with Crippen LogP contribution < -0.4 is 9.80 Å². The molecular formula is C75H62N2. The molecule has 6 aliphatic rings. The van der Waals surface area contributed by atoms with Crippen molar-refractivity contribution in [3.8, 4) is 33.4 Å². The van der Waals surface area contributed by atoms with Crippen LogP contribution in [0.3, 0.4) is 0 Å². The zero-order chi connectivity index (χ0) is 52.0. The lowest BCUT2D eigenvalue weighted by Crippen LogP contribution is -2.27. The second kappa shape index (κ2) is 18.2. The highest BCUT2D eigenvalue weighted by atomic mass is 15.2. The Kier molecular flexibility index (Phi) is 11.1. The molecule has 2 heteroatoms. The summed E-state index contributed by atoms with van der Waals surface area (Å²) < 4.78 is 0. The molecule has 1 atom stereocenters. The molecule has 0 saturated carbocycles. The number of benzene rings is 8. The van der Waals surface area contributed by atoms with Crippen molar-refractivity contribution in [3.05, 3.63) is 310 Å². The van der Waals surface area contributed by atoms with E-state index in [0.29, 0.717) is 5.92 Å². The molecule has 0 aromatic heterocycles. The Hall–Kier alpha value is -8.72. The molecule has 0 amide bonds. The van der Waals surface area contributed by atoms with Gasteiger partial charge in [-0.25, -0.2) is 0 Å². The Morgan fingerprint density at radius 3 is 1.66 bits per heavy atom. The van der Waals surface area contributed by atoms with E-state index in [0.717, 1.165) is 42.0 Å². The zero-order valence-electron chi connectivity index (χ0n) is 44.7. The average molecular weight is 991 g/mol. The van der Waals surface area contributed by atoms with Crippen molar-refractivity contribution in [1.29, 1.82) is 0 Å². The first kappa shape index (κ1) is 46.8. The first-order valence-corrected chi connectivity index (χ1v) is 27.8. The third kappa shape index (κ3) is 6.80. The van der Waals surface area contributed by atoms with Crippen LogP contribution >= 0.6 is 0 Å². The van der Waals surface area contributed by atoms with Crippen LogP contribution in [0.15, 0.2) is 265 Å². The number of hydrogen-bond donors (Lipinski definition) is 0. The number of fused-ring (bicyclic) bond motifs is 16. The van der Waals surface area contributed by atoms with Crippen molar-refractivity contribution < 1.29 is 0 Å². The summed E-state index contributed by atoms with van der Waals surface area (Å²) in [6.07, 6.45) is 25.8. The summed E-state index contributed by atoms with van der Waals surface area (Å²) in [5.41, 5.74) is 30.5. The van der Waals surface area contributed by atoms with Gasteiger partial charge in [0, 0.05) is 34.1 Å². The van der Waals surface area contributed by atoms with E-state index in [1.165, 1.54) is 112 Å². The summed E-state index contributed by atoms with van der Waals surface area (Å²) in [7, 11) is 0. The minimum atomic E-state index is -0.415. The van der Waals surface area contributed by atoms with E-state index < -0.39 is 5.41 Å². The van der Waals surface area contributed by atoms with E-state index >= 15 is 0 Å². The van der Waals surface area contributed by atoms with Gasteiger partial charge in [0.15, 0.2) is 0 Å². The van der Waals surface area contributed by atoms with E-state index in [9.17, 15) is 0 Å². The summed E-state index contributed by atoms with van der Waals surface area (Å²) in [5.74, 6) is 0.489. The van der Waals surface area contributed by atoms with Crippen molar-refractivity contribution in [2.75, 3.05) is 9.80 Å². The molecule has 0 N–H and O–H groups in total. The maximum atomic E-state index is 2.54. The largest absolute Gasteiger partial charge is 0.315 e. The predicted octanol–water partition coefficient (Wildman–Crippen LogP) is 19.7. The van der Waals surface area contributed by atoms with Crippen LogP contribution in [0, 0.1) is 5.92 Å². The highest BCUT2D eigenvalue weighted by Crippen LogP contribution is 2.65. The van der Waals surface area contributed by atoms with Crippen molar-refractivity contribution in [2.45, 2.75) is 64.7 Å². The summed E-state index contributed by atoms with van der Waals surface area (Å²) in [6, 6.07) is 69.4. The third-order valence-corrected chi connectivity index (χ3v) is 17.7. The molecular weight excluding hydrogens is 929 g/mol. The maximum Gasteiger partial charge on any atom is 0.0722 e. The van der Waals surface area contributed by atoms with Gasteiger partial charge in [-0.15, -0.1) is 0 Å². The molecule has 6 aliphatic carbocycles.